The molecule has 0 fully saturated rings. The number of aromatic nitrogens is 4. The fourth-order valence-electron chi connectivity index (χ4n) is 10.6. The largest absolute Gasteiger partial charge is 0.456 e. The van der Waals surface area contributed by atoms with Gasteiger partial charge in [-0.1, -0.05) is 182 Å². The predicted molar refractivity (Wildman–Crippen MR) is 289 cm³/mol. The van der Waals surface area contributed by atoms with E-state index in [1.54, 1.807) is 0 Å². The van der Waals surface area contributed by atoms with Crippen LogP contribution in [0.5, 0.6) is 0 Å². The third-order valence-electron chi connectivity index (χ3n) is 13.8. The van der Waals surface area contributed by atoms with E-state index in [9.17, 15) is 0 Å². The molecular weight excluding hydrogens is 853 g/mol. The lowest BCUT2D eigenvalue weighted by molar-refractivity contribution is 0.669. The van der Waals surface area contributed by atoms with Gasteiger partial charge in [0.1, 0.15) is 11.2 Å². The maximum Gasteiger partial charge on any atom is 0.160 e. The molecule has 0 atom stereocenters. The van der Waals surface area contributed by atoms with Crippen molar-refractivity contribution in [3.63, 3.8) is 0 Å². The number of hydrogen-bond donors (Lipinski definition) is 0. The van der Waals surface area contributed by atoms with E-state index >= 15 is 0 Å². The van der Waals surface area contributed by atoms with E-state index in [4.69, 9.17) is 19.4 Å². The summed E-state index contributed by atoms with van der Waals surface area (Å²) in [6.07, 6.45) is 0. The molecule has 0 unspecified atom stereocenters. The summed E-state index contributed by atoms with van der Waals surface area (Å²) < 4.78 is 9.00. The summed E-state index contributed by atoms with van der Waals surface area (Å²) in [6.45, 7) is 0. The van der Waals surface area contributed by atoms with Gasteiger partial charge in [0.2, 0.25) is 0 Å². The maximum absolute atomic E-state index is 6.66. The van der Waals surface area contributed by atoms with Crippen LogP contribution in [0.1, 0.15) is 0 Å². The van der Waals surface area contributed by atoms with E-state index in [2.05, 4.69) is 235 Å². The summed E-state index contributed by atoms with van der Waals surface area (Å²) in [5, 5.41) is 7.97. The van der Waals surface area contributed by atoms with E-state index < -0.39 is 0 Å². The first-order valence-electron chi connectivity index (χ1n) is 23.7. The van der Waals surface area contributed by atoms with Crippen molar-refractivity contribution >= 4 is 65.4 Å². The number of rotatable bonds is 7. The van der Waals surface area contributed by atoms with E-state index in [0.29, 0.717) is 5.82 Å². The smallest absolute Gasteiger partial charge is 0.160 e. The van der Waals surface area contributed by atoms with Gasteiger partial charge < -0.3 is 8.98 Å². The lowest BCUT2D eigenvalue weighted by atomic mass is 9.89. The molecule has 5 heteroatoms. The van der Waals surface area contributed by atoms with Gasteiger partial charge in [0.15, 0.2) is 5.82 Å². The number of fused-ring (bicyclic) bond motifs is 9. The molecule has 0 bridgehead atoms. The van der Waals surface area contributed by atoms with Crippen LogP contribution >= 0.6 is 0 Å². The van der Waals surface area contributed by atoms with Gasteiger partial charge in [-0.15, -0.1) is 0 Å². The first-order chi connectivity index (χ1) is 34.7. The van der Waals surface area contributed by atoms with Crippen LogP contribution in [0.25, 0.3) is 139 Å². The first kappa shape index (κ1) is 39.7. The minimum Gasteiger partial charge on any atom is -0.456 e. The van der Waals surface area contributed by atoms with Gasteiger partial charge in [-0.25, -0.2) is 15.0 Å². The fourth-order valence-corrected chi connectivity index (χ4v) is 10.6. The molecule has 0 saturated heterocycles. The Balaban J connectivity index is 0.914. The average molecular weight is 893 g/mol. The van der Waals surface area contributed by atoms with Crippen molar-refractivity contribution in [3.8, 4) is 73.1 Å². The van der Waals surface area contributed by atoms with Gasteiger partial charge in [0, 0.05) is 71.2 Å². The molecule has 70 heavy (non-hydrogen) atoms. The summed E-state index contributed by atoms with van der Waals surface area (Å²) >= 11 is 0. The molecule has 0 saturated carbocycles. The Morgan fingerprint density at radius 2 is 0.857 bits per heavy atom. The number of furan rings is 1. The minimum absolute atomic E-state index is 0.661. The van der Waals surface area contributed by atoms with Crippen LogP contribution < -0.4 is 0 Å². The molecular formula is C65H40N4O. The second-order valence-corrected chi connectivity index (χ2v) is 17.9. The third kappa shape index (κ3) is 6.51. The zero-order chi connectivity index (χ0) is 46.1. The topological polar surface area (TPSA) is 56.7 Å². The summed E-state index contributed by atoms with van der Waals surface area (Å²) in [5.41, 5.74) is 17.0. The molecule has 10 aromatic carbocycles. The molecule has 14 rings (SSSR count). The third-order valence-corrected chi connectivity index (χ3v) is 13.8. The van der Waals surface area contributed by atoms with Crippen molar-refractivity contribution < 1.29 is 4.42 Å². The Morgan fingerprint density at radius 1 is 0.314 bits per heavy atom. The highest BCUT2D eigenvalue weighted by molar-refractivity contribution is 6.27. The van der Waals surface area contributed by atoms with E-state index in [1.807, 2.05) is 12.1 Å². The Hall–Kier alpha value is -9.45. The van der Waals surface area contributed by atoms with Gasteiger partial charge in [0.25, 0.3) is 0 Å². The fraction of sp³-hybridized carbons (Fsp3) is 0. The molecule has 4 aromatic heterocycles. The predicted octanol–water partition coefficient (Wildman–Crippen LogP) is 17.2. The number of para-hydroxylation sites is 4. The van der Waals surface area contributed by atoms with Crippen LogP contribution in [0.4, 0.5) is 0 Å². The normalized spacial score (nSPS) is 11.7. The monoisotopic (exact) mass is 892 g/mol. The molecule has 0 aliphatic rings. The maximum atomic E-state index is 6.66. The molecule has 0 aliphatic carbocycles. The van der Waals surface area contributed by atoms with Gasteiger partial charge in [-0.2, -0.15) is 0 Å². The molecule has 0 spiro atoms. The molecule has 326 valence electrons. The summed E-state index contributed by atoms with van der Waals surface area (Å²) in [7, 11) is 0. The van der Waals surface area contributed by atoms with Gasteiger partial charge in [0.05, 0.1) is 33.6 Å². The quantitative estimate of drug-likeness (QED) is 0.150. The van der Waals surface area contributed by atoms with Crippen LogP contribution in [0.15, 0.2) is 247 Å². The summed E-state index contributed by atoms with van der Waals surface area (Å²) in [6, 6.07) is 85.5. The Morgan fingerprint density at radius 3 is 1.60 bits per heavy atom. The molecule has 0 radical (unpaired) electrons. The molecule has 4 heterocycles. The van der Waals surface area contributed by atoms with Gasteiger partial charge in [-0.3, -0.25) is 0 Å². The lowest BCUT2D eigenvalue weighted by Gasteiger charge is -2.16. The zero-order valence-corrected chi connectivity index (χ0v) is 37.8. The van der Waals surface area contributed by atoms with Gasteiger partial charge in [-0.05, 0) is 77.4 Å². The van der Waals surface area contributed by atoms with Crippen LogP contribution in [0, 0.1) is 0 Å². The summed E-state index contributed by atoms with van der Waals surface area (Å²) in [5.74, 6) is 0.661. The van der Waals surface area contributed by atoms with Crippen LogP contribution in [-0.4, -0.2) is 19.5 Å². The lowest BCUT2D eigenvalue weighted by Crippen LogP contribution is -1.98. The number of hydrogen-bond acceptors (Lipinski definition) is 4. The average Bonchev–Trinajstić information content (AvgIpc) is 3.98. The molecule has 0 N–H and O–H groups in total. The standard InChI is InChI=1S/C65H40N4O/c1-3-18-41(19-4-1)55-40-56(68-65(67-55)47-26-17-27-48(38-47)69-57-33-12-8-28-49(57)50-29-9-13-34-58(50)69)45-24-15-22-43(36-45)44-23-16-25-46(37-44)64-53-39-60-63(52-31-10-14-35-59(52)70-60)61(42-20-5-2-6-21-42)62(53)51-30-7-11-32-54(51)66-64/h1-40H. The Labute approximate surface area is 403 Å². The Bertz CT molecular complexity index is 4310. The molecule has 5 nitrogen and oxygen atoms in total. The van der Waals surface area contributed by atoms with Crippen molar-refractivity contribution in [2.45, 2.75) is 0 Å². The number of pyridine rings is 1. The van der Waals surface area contributed by atoms with E-state index in [1.165, 1.54) is 10.8 Å². The van der Waals surface area contributed by atoms with Gasteiger partial charge >= 0.3 is 0 Å². The Kier molecular flexibility index (Phi) is 9.14. The molecule has 14 aromatic rings. The van der Waals surface area contributed by atoms with Crippen LogP contribution in [0.3, 0.4) is 0 Å². The number of benzene rings is 10. The molecule has 0 amide bonds. The highest BCUT2D eigenvalue weighted by Crippen LogP contribution is 2.46. The van der Waals surface area contributed by atoms with Crippen molar-refractivity contribution in [1.29, 1.82) is 0 Å². The highest BCUT2D eigenvalue weighted by Gasteiger charge is 2.22. The zero-order valence-electron chi connectivity index (χ0n) is 37.8. The molecule has 0 aliphatic heterocycles. The highest BCUT2D eigenvalue weighted by atomic mass is 16.3. The minimum atomic E-state index is 0.661. The van der Waals surface area contributed by atoms with Crippen molar-refractivity contribution in [3.05, 3.63) is 243 Å². The number of nitrogens with zero attached hydrogens (tertiary/aromatic N) is 4. The van der Waals surface area contributed by atoms with Crippen molar-refractivity contribution in [1.82, 2.24) is 19.5 Å². The second-order valence-electron chi connectivity index (χ2n) is 17.9. The SMILES string of the molecule is c1ccc(-c2cc(-c3cccc(-c4cccc(-c5nc6ccccc6c6c(-c7ccccc7)c7c(cc56)oc5ccccc57)c4)c3)nc(-c3cccc(-n4c5ccccc5c5ccccc54)c3)n2)cc1. The second kappa shape index (κ2) is 16.1. The van der Waals surface area contributed by atoms with Crippen molar-refractivity contribution in [2.24, 2.45) is 0 Å². The van der Waals surface area contributed by atoms with E-state index in [-0.39, 0.29) is 0 Å². The summed E-state index contributed by atoms with van der Waals surface area (Å²) in [4.78, 5) is 16.0. The first-order valence-corrected chi connectivity index (χ1v) is 23.7. The van der Waals surface area contributed by atoms with Crippen LogP contribution in [-0.2, 0) is 0 Å². The van der Waals surface area contributed by atoms with Crippen LogP contribution in [0.2, 0.25) is 0 Å². The van der Waals surface area contributed by atoms with E-state index in [0.717, 1.165) is 122 Å². The van der Waals surface area contributed by atoms with Crippen molar-refractivity contribution in [2.75, 3.05) is 0 Å².